The van der Waals surface area contributed by atoms with E-state index < -0.39 is 0 Å². The fraction of sp³-hybridized carbons (Fsp3) is 0.400. The van der Waals surface area contributed by atoms with Gasteiger partial charge in [0.25, 0.3) is 5.91 Å². The van der Waals surface area contributed by atoms with Crippen molar-refractivity contribution in [1.82, 2.24) is 19.8 Å². The summed E-state index contributed by atoms with van der Waals surface area (Å²) in [6.45, 7) is 4.30. The number of aromatic nitrogens is 2. The molecule has 1 aliphatic rings. The molecular formula is C30H36ClN5O5S. The Kier molecular flexibility index (Phi) is 10.8. The molecule has 0 radical (unpaired) electrons. The van der Waals surface area contributed by atoms with Crippen LogP contribution in [0.25, 0.3) is 0 Å². The summed E-state index contributed by atoms with van der Waals surface area (Å²) in [5.74, 6) is 2.84. The monoisotopic (exact) mass is 613 g/mol. The van der Waals surface area contributed by atoms with E-state index in [0.29, 0.717) is 71.5 Å². The van der Waals surface area contributed by atoms with Crippen molar-refractivity contribution in [3.05, 3.63) is 64.8 Å². The molecule has 0 N–H and O–H groups in total. The Balaban J connectivity index is 1.31. The highest BCUT2D eigenvalue weighted by molar-refractivity contribution is 7.99. The van der Waals surface area contributed by atoms with Crippen molar-refractivity contribution in [2.45, 2.75) is 24.5 Å². The highest BCUT2D eigenvalue weighted by Crippen LogP contribution is 2.28. The molecule has 1 aromatic heterocycles. The zero-order valence-electron chi connectivity index (χ0n) is 24.5. The quantitative estimate of drug-likeness (QED) is 0.178. The van der Waals surface area contributed by atoms with Gasteiger partial charge in [0.15, 0.2) is 16.7 Å². The summed E-state index contributed by atoms with van der Waals surface area (Å²) < 4.78 is 15.9. The van der Waals surface area contributed by atoms with E-state index in [2.05, 4.69) is 14.9 Å². The molecule has 0 aliphatic carbocycles. The van der Waals surface area contributed by atoms with Crippen molar-refractivity contribution in [2.75, 3.05) is 65.2 Å². The predicted molar refractivity (Wildman–Crippen MR) is 164 cm³/mol. The standard InChI is InChI=1S/C30H36ClN5O5S/c1-20-18-35(14-15-36(20)29(38)22-7-9-23(39-3)10-8-22)27-17-26(31)32-30(33-27)42-19-28(37)34(2)13-12-21-6-11-24(40-4)25(16-21)41-5/h6-11,16-17,20H,12-15,18-19H2,1-5H3. The summed E-state index contributed by atoms with van der Waals surface area (Å²) in [6, 6.07) is 14.6. The first-order valence-electron chi connectivity index (χ1n) is 13.5. The SMILES string of the molecule is COc1ccc(C(=O)N2CCN(c3cc(Cl)nc(SCC(=O)N(C)CCc4ccc(OC)c(OC)c4)n3)CC2C)cc1. The van der Waals surface area contributed by atoms with Crippen molar-refractivity contribution in [3.8, 4) is 17.2 Å². The van der Waals surface area contributed by atoms with Crippen LogP contribution in [-0.4, -0.2) is 97.9 Å². The van der Waals surface area contributed by atoms with E-state index in [4.69, 9.17) is 25.8 Å². The Morgan fingerprint density at radius 2 is 1.74 bits per heavy atom. The minimum absolute atomic E-state index is 0.0180. The Morgan fingerprint density at radius 3 is 2.40 bits per heavy atom. The number of thioether (sulfide) groups is 1. The summed E-state index contributed by atoms with van der Waals surface area (Å²) >= 11 is 7.60. The van der Waals surface area contributed by atoms with Gasteiger partial charge in [-0.3, -0.25) is 9.59 Å². The number of anilines is 1. The maximum atomic E-state index is 13.1. The van der Waals surface area contributed by atoms with Crippen molar-refractivity contribution in [2.24, 2.45) is 0 Å². The minimum atomic E-state index is -0.0425. The summed E-state index contributed by atoms with van der Waals surface area (Å²) in [5.41, 5.74) is 1.67. The van der Waals surface area contributed by atoms with Gasteiger partial charge in [-0.1, -0.05) is 29.4 Å². The molecule has 4 rings (SSSR count). The number of benzene rings is 2. The Hall–Kier alpha value is -3.70. The van der Waals surface area contributed by atoms with Gasteiger partial charge in [0.1, 0.15) is 16.7 Å². The number of hydrogen-bond donors (Lipinski definition) is 0. The second-order valence-corrected chi connectivity index (χ2v) is 11.2. The molecule has 1 atom stereocenters. The average molecular weight is 614 g/mol. The summed E-state index contributed by atoms with van der Waals surface area (Å²) in [5, 5.41) is 0.740. The van der Waals surface area contributed by atoms with Crippen LogP contribution < -0.4 is 19.1 Å². The lowest BCUT2D eigenvalue weighted by atomic mass is 10.1. The third kappa shape index (κ3) is 7.77. The lowest BCUT2D eigenvalue weighted by Crippen LogP contribution is -2.54. The lowest BCUT2D eigenvalue weighted by Gasteiger charge is -2.40. The van der Waals surface area contributed by atoms with Gasteiger partial charge in [0, 0.05) is 50.9 Å². The normalized spacial score (nSPS) is 14.9. The van der Waals surface area contributed by atoms with Crippen LogP contribution in [0.4, 0.5) is 5.82 Å². The molecule has 0 saturated carbocycles. The number of carbonyl (C=O) groups is 2. The first kappa shape index (κ1) is 31.2. The van der Waals surface area contributed by atoms with Gasteiger partial charge in [0.2, 0.25) is 5.91 Å². The first-order chi connectivity index (χ1) is 20.2. The number of amides is 2. The third-order valence-electron chi connectivity index (χ3n) is 7.14. The Bertz CT molecular complexity index is 1390. The molecule has 2 aromatic carbocycles. The van der Waals surface area contributed by atoms with Gasteiger partial charge < -0.3 is 28.9 Å². The van der Waals surface area contributed by atoms with Crippen LogP contribution in [0.1, 0.15) is 22.8 Å². The van der Waals surface area contributed by atoms with Crippen LogP contribution in [0.2, 0.25) is 5.15 Å². The molecule has 3 aromatic rings. The number of rotatable bonds is 11. The minimum Gasteiger partial charge on any atom is -0.497 e. The highest BCUT2D eigenvalue weighted by Gasteiger charge is 2.29. The second-order valence-electron chi connectivity index (χ2n) is 9.90. The zero-order chi connectivity index (χ0) is 30.2. The van der Waals surface area contributed by atoms with Crippen molar-refractivity contribution >= 4 is 41.0 Å². The van der Waals surface area contributed by atoms with Crippen LogP contribution in [0.3, 0.4) is 0 Å². The van der Waals surface area contributed by atoms with Crippen molar-refractivity contribution < 1.29 is 23.8 Å². The van der Waals surface area contributed by atoms with Gasteiger partial charge >= 0.3 is 0 Å². The molecule has 2 amide bonds. The maximum Gasteiger partial charge on any atom is 0.254 e. The van der Waals surface area contributed by atoms with E-state index in [1.54, 1.807) is 63.6 Å². The molecule has 0 bridgehead atoms. The number of likely N-dealkylation sites (N-methyl/N-ethyl adjacent to an activating group) is 1. The summed E-state index contributed by atoms with van der Waals surface area (Å²) in [7, 11) is 6.58. The van der Waals surface area contributed by atoms with Crippen molar-refractivity contribution in [1.29, 1.82) is 0 Å². The fourth-order valence-electron chi connectivity index (χ4n) is 4.67. The molecule has 42 heavy (non-hydrogen) atoms. The third-order valence-corrected chi connectivity index (χ3v) is 8.17. The van der Waals surface area contributed by atoms with E-state index >= 15 is 0 Å². The molecule has 1 aliphatic heterocycles. The molecule has 224 valence electrons. The smallest absolute Gasteiger partial charge is 0.254 e. The summed E-state index contributed by atoms with van der Waals surface area (Å²) in [4.78, 5) is 40.6. The number of hydrogen-bond acceptors (Lipinski definition) is 9. The molecular weight excluding hydrogens is 578 g/mol. The average Bonchev–Trinajstić information content (AvgIpc) is 3.01. The largest absolute Gasteiger partial charge is 0.497 e. The molecule has 2 heterocycles. The predicted octanol–water partition coefficient (Wildman–Crippen LogP) is 4.30. The number of methoxy groups -OCH3 is 3. The van der Waals surface area contributed by atoms with Gasteiger partial charge in [0.05, 0.1) is 27.1 Å². The zero-order valence-corrected chi connectivity index (χ0v) is 26.1. The number of ether oxygens (including phenoxy) is 3. The molecule has 0 spiro atoms. The van der Waals surface area contributed by atoms with Crippen molar-refractivity contribution in [3.63, 3.8) is 0 Å². The Labute approximate surface area is 255 Å². The maximum absolute atomic E-state index is 13.1. The lowest BCUT2D eigenvalue weighted by molar-refractivity contribution is -0.127. The molecule has 10 nitrogen and oxygen atoms in total. The fourth-order valence-corrected chi connectivity index (χ4v) is 5.69. The van der Waals surface area contributed by atoms with E-state index in [9.17, 15) is 9.59 Å². The number of carbonyl (C=O) groups excluding carboxylic acids is 2. The highest BCUT2D eigenvalue weighted by atomic mass is 35.5. The number of nitrogens with zero attached hydrogens (tertiary/aromatic N) is 5. The molecule has 1 saturated heterocycles. The van der Waals surface area contributed by atoms with Gasteiger partial charge in [-0.25, -0.2) is 9.97 Å². The van der Waals surface area contributed by atoms with E-state index in [1.165, 1.54) is 11.8 Å². The van der Waals surface area contributed by atoms with Gasteiger partial charge in [-0.2, -0.15) is 0 Å². The molecule has 12 heteroatoms. The van der Waals surface area contributed by atoms with E-state index in [1.807, 2.05) is 30.0 Å². The number of halogens is 1. The second kappa shape index (κ2) is 14.5. The van der Waals surface area contributed by atoms with Crippen LogP contribution >= 0.6 is 23.4 Å². The first-order valence-corrected chi connectivity index (χ1v) is 14.9. The van der Waals surface area contributed by atoms with Crippen LogP contribution in [0.5, 0.6) is 17.2 Å². The van der Waals surface area contributed by atoms with Gasteiger partial charge in [-0.15, -0.1) is 0 Å². The molecule has 1 fully saturated rings. The van der Waals surface area contributed by atoms with Crippen LogP contribution in [-0.2, 0) is 11.2 Å². The summed E-state index contributed by atoms with van der Waals surface area (Å²) in [6.07, 6.45) is 0.677. The van der Waals surface area contributed by atoms with E-state index in [-0.39, 0.29) is 23.6 Å². The van der Waals surface area contributed by atoms with E-state index in [0.717, 1.165) is 5.56 Å². The molecule has 1 unspecified atom stereocenters. The number of piperazine rings is 1. The van der Waals surface area contributed by atoms with Gasteiger partial charge in [-0.05, 0) is 55.3 Å². The Morgan fingerprint density at radius 1 is 1.00 bits per heavy atom. The topological polar surface area (TPSA) is 97.3 Å². The van der Waals surface area contributed by atoms with Crippen LogP contribution in [0.15, 0.2) is 53.7 Å². The van der Waals surface area contributed by atoms with Crippen LogP contribution in [0, 0.1) is 0 Å².